The molecule has 15 heavy (non-hydrogen) atoms. The van der Waals surface area contributed by atoms with Gasteiger partial charge in [0.25, 0.3) is 0 Å². The molecule has 2 heteroatoms. The smallest absolute Gasteiger partial charge is 0.119 e. The first-order valence-electron chi connectivity index (χ1n) is 5.50. The molecule has 84 valence electrons. The van der Waals surface area contributed by atoms with Gasteiger partial charge in [-0.1, -0.05) is 26.0 Å². The van der Waals surface area contributed by atoms with Gasteiger partial charge >= 0.3 is 0 Å². The quantitative estimate of drug-likeness (QED) is 0.805. The Hall–Kier alpha value is -1.02. The molecule has 0 bridgehead atoms. The molecule has 0 amide bonds. The van der Waals surface area contributed by atoms with Crippen molar-refractivity contribution in [3.8, 4) is 5.75 Å². The van der Waals surface area contributed by atoms with Crippen molar-refractivity contribution < 1.29 is 9.84 Å². The summed E-state index contributed by atoms with van der Waals surface area (Å²) in [4.78, 5) is 0. The minimum Gasteiger partial charge on any atom is -0.494 e. The first kappa shape index (κ1) is 12.1. The lowest BCUT2D eigenvalue weighted by Crippen LogP contribution is -2.01. The predicted molar refractivity (Wildman–Crippen MR) is 62.0 cm³/mol. The van der Waals surface area contributed by atoms with Gasteiger partial charge < -0.3 is 9.84 Å². The van der Waals surface area contributed by atoms with Gasteiger partial charge in [-0.15, -0.1) is 0 Å². The molecule has 1 N–H and O–H groups in total. The van der Waals surface area contributed by atoms with E-state index in [4.69, 9.17) is 4.74 Å². The predicted octanol–water partition coefficient (Wildman–Crippen LogP) is 3.16. The summed E-state index contributed by atoms with van der Waals surface area (Å²) in [6, 6.07) is 7.61. The van der Waals surface area contributed by atoms with Crippen LogP contribution in [0.4, 0.5) is 0 Å². The maximum Gasteiger partial charge on any atom is 0.119 e. The largest absolute Gasteiger partial charge is 0.494 e. The molecule has 0 fully saturated rings. The van der Waals surface area contributed by atoms with Gasteiger partial charge in [-0.2, -0.15) is 0 Å². The maximum absolute atomic E-state index is 9.32. The van der Waals surface area contributed by atoms with Crippen LogP contribution in [0.1, 0.15) is 38.9 Å². The molecule has 0 aliphatic carbocycles. The second-order valence-electron chi connectivity index (χ2n) is 4.28. The van der Waals surface area contributed by atoms with Crippen LogP contribution >= 0.6 is 0 Å². The van der Waals surface area contributed by atoms with Gasteiger partial charge in [0.1, 0.15) is 5.75 Å². The number of aliphatic hydroxyl groups excluding tert-OH is 1. The zero-order valence-electron chi connectivity index (χ0n) is 9.73. The van der Waals surface area contributed by atoms with Gasteiger partial charge in [-0.25, -0.2) is 0 Å². The molecule has 1 aromatic carbocycles. The number of hydrogen-bond donors (Lipinski definition) is 1. The van der Waals surface area contributed by atoms with Crippen molar-refractivity contribution >= 4 is 0 Å². The fourth-order valence-electron chi connectivity index (χ4n) is 1.26. The molecular weight excluding hydrogens is 188 g/mol. The van der Waals surface area contributed by atoms with E-state index in [2.05, 4.69) is 13.8 Å². The Balaban J connectivity index is 2.43. The van der Waals surface area contributed by atoms with E-state index in [0.29, 0.717) is 5.92 Å². The van der Waals surface area contributed by atoms with Crippen molar-refractivity contribution in [2.75, 3.05) is 6.61 Å². The molecule has 0 radical (unpaired) electrons. The minimum atomic E-state index is -0.408. The zero-order chi connectivity index (χ0) is 11.3. The van der Waals surface area contributed by atoms with Crippen LogP contribution in [0.15, 0.2) is 24.3 Å². The number of benzene rings is 1. The van der Waals surface area contributed by atoms with Gasteiger partial charge in [0, 0.05) is 0 Å². The summed E-state index contributed by atoms with van der Waals surface area (Å²) < 4.78 is 5.57. The minimum absolute atomic E-state index is 0.408. The highest BCUT2D eigenvalue weighted by Gasteiger charge is 2.01. The Morgan fingerprint density at radius 2 is 1.73 bits per heavy atom. The van der Waals surface area contributed by atoms with Crippen LogP contribution < -0.4 is 4.74 Å². The second-order valence-corrected chi connectivity index (χ2v) is 4.28. The van der Waals surface area contributed by atoms with Crippen molar-refractivity contribution in [2.45, 2.75) is 33.3 Å². The van der Waals surface area contributed by atoms with E-state index in [1.54, 1.807) is 6.92 Å². The first-order chi connectivity index (χ1) is 7.09. The van der Waals surface area contributed by atoms with Gasteiger partial charge in [0.05, 0.1) is 12.7 Å². The fraction of sp³-hybridized carbons (Fsp3) is 0.538. The van der Waals surface area contributed by atoms with Crippen LogP contribution in [-0.4, -0.2) is 11.7 Å². The third-order valence-corrected chi connectivity index (χ3v) is 2.33. The van der Waals surface area contributed by atoms with Crippen LogP contribution in [-0.2, 0) is 0 Å². The SMILES string of the molecule is CC(C)CCOc1ccc([C@H](C)O)cc1. The summed E-state index contributed by atoms with van der Waals surface area (Å²) in [5.74, 6) is 1.54. The molecule has 0 saturated carbocycles. The molecule has 1 atom stereocenters. The Bertz CT molecular complexity index is 275. The molecule has 0 aliphatic heterocycles. The van der Waals surface area contributed by atoms with E-state index in [9.17, 15) is 5.11 Å². The van der Waals surface area contributed by atoms with Gasteiger partial charge in [-0.05, 0) is 37.0 Å². The van der Waals surface area contributed by atoms with Crippen molar-refractivity contribution in [3.63, 3.8) is 0 Å². The van der Waals surface area contributed by atoms with E-state index >= 15 is 0 Å². The van der Waals surface area contributed by atoms with E-state index in [1.807, 2.05) is 24.3 Å². The van der Waals surface area contributed by atoms with Crippen molar-refractivity contribution in [3.05, 3.63) is 29.8 Å². The molecule has 0 spiro atoms. The van der Waals surface area contributed by atoms with Crippen molar-refractivity contribution in [2.24, 2.45) is 5.92 Å². The van der Waals surface area contributed by atoms with Crippen molar-refractivity contribution in [1.29, 1.82) is 0 Å². The summed E-state index contributed by atoms with van der Waals surface area (Å²) >= 11 is 0. The average molecular weight is 208 g/mol. The van der Waals surface area contributed by atoms with E-state index in [0.717, 1.165) is 24.3 Å². The highest BCUT2D eigenvalue weighted by Crippen LogP contribution is 2.17. The molecule has 0 saturated heterocycles. The van der Waals surface area contributed by atoms with Crippen LogP contribution in [0.25, 0.3) is 0 Å². The van der Waals surface area contributed by atoms with E-state index in [1.165, 1.54) is 0 Å². The Kier molecular flexibility index (Phi) is 4.63. The number of ether oxygens (including phenoxy) is 1. The third kappa shape index (κ3) is 4.34. The van der Waals surface area contributed by atoms with Gasteiger partial charge in [0.2, 0.25) is 0 Å². The van der Waals surface area contributed by atoms with Crippen LogP contribution in [0.3, 0.4) is 0 Å². The summed E-state index contributed by atoms with van der Waals surface area (Å²) in [5, 5.41) is 9.32. The van der Waals surface area contributed by atoms with E-state index < -0.39 is 6.10 Å². The topological polar surface area (TPSA) is 29.5 Å². The summed E-state index contributed by atoms with van der Waals surface area (Å²) in [7, 11) is 0. The van der Waals surface area contributed by atoms with Crippen molar-refractivity contribution in [1.82, 2.24) is 0 Å². The van der Waals surface area contributed by atoms with Crippen LogP contribution in [0, 0.1) is 5.92 Å². The molecule has 2 nitrogen and oxygen atoms in total. The number of aliphatic hydroxyl groups is 1. The number of hydrogen-bond acceptors (Lipinski definition) is 2. The van der Waals surface area contributed by atoms with Crippen LogP contribution in [0.2, 0.25) is 0 Å². The molecule has 1 aromatic rings. The lowest BCUT2D eigenvalue weighted by Gasteiger charge is -2.09. The third-order valence-electron chi connectivity index (χ3n) is 2.33. The Morgan fingerprint density at radius 3 is 2.20 bits per heavy atom. The zero-order valence-corrected chi connectivity index (χ0v) is 9.73. The lowest BCUT2D eigenvalue weighted by atomic mass is 10.1. The summed E-state index contributed by atoms with van der Waals surface area (Å²) in [6.45, 7) is 6.88. The molecule has 0 heterocycles. The monoisotopic (exact) mass is 208 g/mol. The maximum atomic E-state index is 9.32. The molecular formula is C13H20O2. The molecule has 0 unspecified atom stereocenters. The summed E-state index contributed by atoms with van der Waals surface area (Å²) in [6.07, 6.45) is 0.660. The standard InChI is InChI=1S/C13H20O2/c1-10(2)8-9-15-13-6-4-12(5-7-13)11(3)14/h4-7,10-11,14H,8-9H2,1-3H3/t11-/m0/s1. The fourth-order valence-corrected chi connectivity index (χ4v) is 1.26. The Morgan fingerprint density at radius 1 is 1.13 bits per heavy atom. The van der Waals surface area contributed by atoms with Gasteiger partial charge in [-0.3, -0.25) is 0 Å². The average Bonchev–Trinajstić information content (AvgIpc) is 2.18. The molecule has 0 aliphatic rings. The second kappa shape index (κ2) is 5.76. The van der Waals surface area contributed by atoms with Gasteiger partial charge in [0.15, 0.2) is 0 Å². The molecule has 1 rings (SSSR count). The lowest BCUT2D eigenvalue weighted by molar-refractivity contribution is 0.199. The summed E-state index contributed by atoms with van der Waals surface area (Å²) in [5.41, 5.74) is 0.922. The first-order valence-corrected chi connectivity index (χ1v) is 5.50. The number of rotatable bonds is 5. The van der Waals surface area contributed by atoms with Crippen LogP contribution in [0.5, 0.6) is 5.75 Å². The molecule has 0 aromatic heterocycles. The van der Waals surface area contributed by atoms with E-state index in [-0.39, 0.29) is 0 Å². The highest BCUT2D eigenvalue weighted by molar-refractivity contribution is 5.28. The normalized spacial score (nSPS) is 12.9. The Labute approximate surface area is 91.9 Å². The highest BCUT2D eigenvalue weighted by atomic mass is 16.5.